The van der Waals surface area contributed by atoms with Gasteiger partial charge in [-0.1, -0.05) is 169 Å². The molecule has 17 rings (SSSR count). The first-order chi connectivity index (χ1) is 71.7. The van der Waals surface area contributed by atoms with Crippen molar-refractivity contribution >= 4 is 123 Å². The number of halogens is 3. The Morgan fingerprint density at radius 2 is 0.993 bits per heavy atom. The van der Waals surface area contributed by atoms with Gasteiger partial charge in [0.2, 0.25) is 5.91 Å². The number of nitrogens with zero attached hydrogens (tertiary/aromatic N) is 12. The number of aliphatic hydroxyl groups is 8. The fourth-order valence-corrected chi connectivity index (χ4v) is 17.6. The molecule has 0 fully saturated rings. The van der Waals surface area contributed by atoms with E-state index in [4.69, 9.17) is 59.0 Å². The number of esters is 1. The molecule has 40 heteroatoms. The molecule has 0 bridgehead atoms. The second-order valence-corrected chi connectivity index (χ2v) is 36.8. The SMILES string of the molecule is CC(=O)OCC1c2ccccc2-c2ccccc21.CSCCC(CC(=O)Cn1c(=O)nc2n(C[C@@H](O)[C@@H](O)[C@@H](O)CO)c3cc(C)c(C)cc3nc-2c1=O)C(=O)O.Cc1cc2nc3c(=O)n(CC(=O)NC(CC[S-])OC=O)c(=O)nc-3n(C[C@@H](O)[C@@H](O)[C@@H](O)CO)c2cc1C.Cc1ccc(C(Cl)(c2ccccc2)c2ccccc2Cl)cc1.OI.[Ru+2].[c-]1ccccc1-c1cccc(-c2ccccn2)n1.c1ccc(-c2ccccn2)nc1. The van der Waals surface area contributed by atoms with E-state index in [1.165, 1.54) is 55.6 Å². The van der Waals surface area contributed by atoms with Crippen LogP contribution in [0.25, 0.3) is 90.3 Å². The van der Waals surface area contributed by atoms with Crippen LogP contribution < -0.4 is 27.8 Å². The van der Waals surface area contributed by atoms with E-state index in [2.05, 4.69) is 107 Å². The van der Waals surface area contributed by atoms with Gasteiger partial charge in [0.15, 0.2) is 35.0 Å². The molecule has 1 amide bonds. The average molecular weight is 2310 g/mol. The number of Topliss-reactive ketones (excluding diaryl/α,β-unsaturated/α-hetero) is 1. The third-order valence-electron chi connectivity index (χ3n) is 24.2. The molecule has 0 saturated heterocycles. The first-order valence-corrected chi connectivity index (χ1v) is 50.5. The number of aliphatic carboxylic acids is 1. The van der Waals surface area contributed by atoms with E-state index in [0.717, 1.165) is 96.0 Å². The second-order valence-electron chi connectivity index (χ2n) is 34.4. The number of rotatable bonds is 33. The van der Waals surface area contributed by atoms with E-state index in [9.17, 15) is 78.9 Å². The van der Waals surface area contributed by atoms with Gasteiger partial charge in [-0.15, -0.1) is 47.5 Å². The van der Waals surface area contributed by atoms with Gasteiger partial charge in [0.25, 0.3) is 17.6 Å². The number of fused-ring (bicyclic) bond motifs is 7. The first-order valence-electron chi connectivity index (χ1n) is 46.8. The van der Waals surface area contributed by atoms with Gasteiger partial charge < -0.3 is 85.9 Å². The summed E-state index contributed by atoms with van der Waals surface area (Å²) in [7, 11) is 0. The molecule has 1 aliphatic carbocycles. The van der Waals surface area contributed by atoms with Crippen molar-refractivity contribution in [2.75, 3.05) is 37.6 Å². The predicted molar refractivity (Wildman–Crippen MR) is 579 cm³/mol. The Labute approximate surface area is 909 Å². The molecule has 34 nitrogen and oxygen atoms in total. The standard InChI is InChI=1S/C25H32N4O9S.C23H29N5O9S.C20H16Cl2.C16H11N2.C16H14O2.C10H8N2.HIO.Ru/c1-12-6-16-17(7-13(12)2)28(10-18(32)21(34)19(33)11-30)22-20(26-16)23(35)29(25(38)27-22)9-15(31)8-14(24(36)37)4-5-39-3;1-11-5-13-14(6-12(11)2)27(7-15(31)20(34)16(32)9-29)21-19(24-13)22(35)28(23(36)26-21)8-17(33)25-18(3-4-38)37-10-30;1-15-11-13-17(14-12-15)20(22,16-7-3-2-4-8-16)18-9-5-6-10-19(18)21;1-2-7-13(8-3-1)14-10-6-11-16(18-14)15-9-4-5-12-17-15;1-11(17)18-10-16-14-8-4-2-6-12(14)13-7-3-5-9-15(13)16;1-3-7-11-9(5-1)10-6-2-4-8-12-10;1-2;/h6-7,14,18-19,21,30,32-34H,4-5,8-11H2,1-3H3,(H,36,37);5-6,10,15-16,18,20,29,31-32,34,38H,3-4,7-9H2,1-2H3,(H,25,33);2-14H,1H3;1-7,9-12H;2-9,16H,10H2,1H3;1-8H;2H;/q;;;-1;;;;+2/p-1/t14?,18-,19+,21-;15-,16+,18?,20-;;;;;;/m11....../s1. The van der Waals surface area contributed by atoms with Crippen LogP contribution in [-0.4, -0.2) is 218 Å². The second kappa shape index (κ2) is 57.7. The maximum Gasteiger partial charge on any atom is 2.00 e. The van der Waals surface area contributed by atoms with Crippen molar-refractivity contribution in [1.82, 2.24) is 63.5 Å². The summed E-state index contributed by atoms with van der Waals surface area (Å²) in [5.74, 6) is -3.31. The molecule has 4 aromatic heterocycles. The average Bonchev–Trinajstić information content (AvgIpc) is 1.08. The van der Waals surface area contributed by atoms with Crippen molar-refractivity contribution in [3.05, 3.63) is 376 Å². The monoisotopic (exact) mass is 2310 g/mol. The minimum absolute atomic E-state index is 0. The number of benzene rings is 8. The van der Waals surface area contributed by atoms with Crippen LogP contribution in [0.15, 0.2) is 286 Å². The Morgan fingerprint density at radius 1 is 0.540 bits per heavy atom. The van der Waals surface area contributed by atoms with Gasteiger partial charge >= 0.3 is 42.8 Å². The summed E-state index contributed by atoms with van der Waals surface area (Å²) in [6.07, 6.45) is -3.89. The number of carbonyl (C=O) groups excluding carboxylic acids is 4. The molecule has 0 radical (unpaired) electrons. The van der Waals surface area contributed by atoms with Crippen LogP contribution in [0.1, 0.15) is 87.7 Å². The fraction of sp³-hybridized carbons (Fsp3) is 0.264. The molecule has 8 aromatic carbocycles. The van der Waals surface area contributed by atoms with Crippen LogP contribution in [0.2, 0.25) is 5.02 Å². The smallest absolute Gasteiger partial charge is 0.792 e. The predicted octanol–water partition coefficient (Wildman–Crippen LogP) is 12.1. The number of carbonyl (C=O) groups is 5. The summed E-state index contributed by atoms with van der Waals surface area (Å²) < 4.78 is 20.7. The number of hydrogen-bond donors (Lipinski definition) is 11. The molecule has 9 atom stereocenters. The van der Waals surface area contributed by atoms with E-state index in [-0.39, 0.29) is 85.9 Å². The summed E-state index contributed by atoms with van der Waals surface area (Å²) in [6.45, 7) is 7.50. The summed E-state index contributed by atoms with van der Waals surface area (Å²) in [6, 6.07) is 83.9. The molecular formula is C110H110Cl2IN13O21RuS2. The summed E-state index contributed by atoms with van der Waals surface area (Å²) in [4.78, 5) is 144. The van der Waals surface area contributed by atoms with Gasteiger partial charge in [-0.2, -0.15) is 27.5 Å². The number of amides is 1. The van der Waals surface area contributed by atoms with E-state index in [1.54, 1.807) is 42.9 Å². The summed E-state index contributed by atoms with van der Waals surface area (Å²) >= 11 is 21.1. The normalized spacial score (nSPS) is 13.2. The first kappa shape index (κ1) is 119. The van der Waals surface area contributed by atoms with Crippen LogP contribution in [0.3, 0.4) is 0 Å². The Balaban J connectivity index is 0.000000191. The van der Waals surface area contributed by atoms with Gasteiger partial charge in [0.05, 0.1) is 83.6 Å². The van der Waals surface area contributed by atoms with Crippen molar-refractivity contribution in [3.8, 4) is 68.2 Å². The van der Waals surface area contributed by atoms with E-state index >= 15 is 0 Å². The maximum absolute atomic E-state index is 13.4. The zero-order chi connectivity index (χ0) is 108. The number of hydrogen-bond acceptors (Lipinski definition) is 30. The third kappa shape index (κ3) is 30.6. The fourth-order valence-electron chi connectivity index (χ4n) is 16.2. The maximum atomic E-state index is 13.4. The van der Waals surface area contributed by atoms with Crippen LogP contribution in [0.4, 0.5) is 0 Å². The van der Waals surface area contributed by atoms with Gasteiger partial charge in [0.1, 0.15) is 77.7 Å². The number of ketones is 1. The number of ether oxygens (including phenoxy) is 2. The van der Waals surface area contributed by atoms with Crippen molar-refractivity contribution in [2.45, 2.75) is 141 Å². The van der Waals surface area contributed by atoms with E-state index in [0.29, 0.717) is 48.6 Å². The van der Waals surface area contributed by atoms with Gasteiger partial charge in [-0.05, 0) is 194 Å². The molecule has 150 heavy (non-hydrogen) atoms. The minimum Gasteiger partial charge on any atom is -0.792 e. The Bertz CT molecular complexity index is 7280. The number of nitrogens with one attached hydrogen (secondary N) is 1. The molecule has 782 valence electrons. The van der Waals surface area contributed by atoms with Crippen LogP contribution >= 0.6 is 58.0 Å². The molecule has 5 aliphatic rings. The van der Waals surface area contributed by atoms with E-state index < -0.39 is 133 Å². The molecule has 0 saturated carbocycles. The topological polar surface area (TPSA) is 509 Å². The van der Waals surface area contributed by atoms with Crippen molar-refractivity contribution in [3.63, 3.8) is 0 Å². The Kier molecular flexibility index (Phi) is 45.6. The van der Waals surface area contributed by atoms with Crippen molar-refractivity contribution < 1.29 is 102 Å². The zero-order valence-corrected chi connectivity index (χ0v) is 89.3. The number of aliphatic hydroxyl groups excluding tert-OH is 8. The largest absolute Gasteiger partial charge is 2.00 e. The number of alkyl halides is 1. The third-order valence-corrected chi connectivity index (χ3v) is 26.0. The van der Waals surface area contributed by atoms with Crippen molar-refractivity contribution in [1.29, 1.82) is 0 Å². The Hall–Kier alpha value is -13.3. The van der Waals surface area contributed by atoms with Gasteiger partial charge in [-0.25, -0.2) is 28.7 Å². The zero-order valence-electron chi connectivity index (χ0n) is 82.3. The van der Waals surface area contributed by atoms with Crippen LogP contribution in [-0.2, 0) is 96.6 Å². The van der Waals surface area contributed by atoms with E-state index in [1.807, 2.05) is 210 Å². The Morgan fingerprint density at radius 3 is 1.45 bits per heavy atom. The molecule has 8 heterocycles. The molecule has 4 aliphatic heterocycles. The number of carboxylic acids is 1. The number of aryl methyl sites for hydroxylation is 5. The van der Waals surface area contributed by atoms with Crippen LogP contribution in [0.5, 0.6) is 0 Å². The quantitative estimate of drug-likeness (QED) is 0.00174. The molecular weight excluding hydrogens is 2200 g/mol. The van der Waals surface area contributed by atoms with Crippen LogP contribution in [0, 0.1) is 46.6 Å². The molecule has 12 aromatic rings. The number of thioether (sulfide) groups is 1. The number of pyridine rings is 4. The number of carboxylic acid groups (broad SMARTS) is 1. The van der Waals surface area contributed by atoms with Crippen molar-refractivity contribution in [2.24, 2.45) is 5.92 Å². The molecule has 0 spiro atoms. The molecule has 3 unspecified atom stereocenters. The summed E-state index contributed by atoms with van der Waals surface area (Å²) in [5.41, 5.74) is 14.8. The minimum atomic E-state index is -1.75. The summed E-state index contributed by atoms with van der Waals surface area (Å²) in [5, 5.41) is 91.7. The van der Waals surface area contributed by atoms with Gasteiger partial charge in [0, 0.05) is 48.4 Å². The molecule has 11 N–H and O–H groups in total. The van der Waals surface area contributed by atoms with Gasteiger partial charge in [-0.3, -0.25) is 53.5 Å². The number of aromatic nitrogens is 12.